The topological polar surface area (TPSA) is 8.81 Å². The van der Waals surface area contributed by atoms with E-state index in [1.807, 2.05) is 0 Å². The Morgan fingerprint density at radius 2 is 0.689 bits per heavy atom. The van der Waals surface area contributed by atoms with E-state index in [4.69, 9.17) is 0 Å². The molecule has 1 rings (SSSR count). The summed E-state index contributed by atoms with van der Waals surface area (Å²) in [5.74, 6) is 1.62. The molecule has 0 fully saturated rings. The molecule has 0 atom stereocenters. The first-order chi connectivity index (χ1) is 22.3. The maximum atomic E-state index is 2.64. The van der Waals surface area contributed by atoms with Crippen LogP contribution in [0.2, 0.25) is 0 Å². The lowest BCUT2D eigenvalue weighted by atomic mass is 10.0. The van der Waals surface area contributed by atoms with Crippen molar-refractivity contribution in [3.63, 3.8) is 0 Å². The predicted molar refractivity (Wildman–Crippen MR) is 202 cm³/mol. The van der Waals surface area contributed by atoms with Crippen LogP contribution in [0.25, 0.3) is 0 Å². The highest BCUT2D eigenvalue weighted by molar-refractivity contribution is 4.84. The lowest BCUT2D eigenvalue weighted by Gasteiger charge is -2.07. The van der Waals surface area contributed by atoms with Crippen molar-refractivity contribution in [1.29, 1.82) is 0 Å². The summed E-state index contributed by atoms with van der Waals surface area (Å²) in [7, 11) is 0. The number of imidazole rings is 1. The minimum absolute atomic E-state index is 1.23. The van der Waals surface area contributed by atoms with Gasteiger partial charge in [0.2, 0.25) is 0 Å². The van der Waals surface area contributed by atoms with E-state index >= 15 is 0 Å². The van der Waals surface area contributed by atoms with Gasteiger partial charge in [0, 0.05) is 6.42 Å². The van der Waals surface area contributed by atoms with Gasteiger partial charge >= 0.3 is 0 Å². The SMILES string of the molecule is CCCCCCCCCCCCCCCCCCCn1cc[n+](CCCCCCCCC)c1CCCCCCCCCCCC. The van der Waals surface area contributed by atoms with Crippen molar-refractivity contribution < 1.29 is 4.57 Å². The van der Waals surface area contributed by atoms with E-state index in [-0.39, 0.29) is 0 Å². The van der Waals surface area contributed by atoms with Crippen molar-refractivity contribution in [1.82, 2.24) is 4.57 Å². The van der Waals surface area contributed by atoms with Crippen LogP contribution in [0.5, 0.6) is 0 Å². The fourth-order valence-corrected chi connectivity index (χ4v) is 7.21. The minimum Gasteiger partial charge on any atom is -0.234 e. The van der Waals surface area contributed by atoms with Crippen LogP contribution in [-0.2, 0) is 19.5 Å². The molecule has 266 valence electrons. The van der Waals surface area contributed by atoms with E-state index in [0.717, 1.165) is 0 Å². The third-order valence-electron chi connectivity index (χ3n) is 10.3. The van der Waals surface area contributed by atoms with Crippen molar-refractivity contribution in [3.8, 4) is 0 Å². The van der Waals surface area contributed by atoms with E-state index in [9.17, 15) is 0 Å². The highest BCUT2D eigenvalue weighted by Crippen LogP contribution is 2.16. The molecule has 1 aromatic rings. The quantitative estimate of drug-likeness (QED) is 0.0511. The molecule has 0 aliphatic heterocycles. The third-order valence-corrected chi connectivity index (χ3v) is 10.3. The van der Waals surface area contributed by atoms with Crippen molar-refractivity contribution in [3.05, 3.63) is 18.2 Å². The standard InChI is InChI=1S/C43H85N2/c1-4-7-10-13-16-18-20-21-22-23-24-25-26-28-31-34-37-40-45-42-41-44(39-36-33-30-15-12-9-6-3)43(45)38-35-32-29-27-19-17-14-11-8-5-2/h41-42H,4-40H2,1-3H3/q+1. The van der Waals surface area contributed by atoms with Crippen LogP contribution in [0.15, 0.2) is 12.4 Å². The van der Waals surface area contributed by atoms with Crippen molar-refractivity contribution in [2.24, 2.45) is 0 Å². The molecule has 0 aliphatic carbocycles. The number of hydrogen-bond donors (Lipinski definition) is 0. The zero-order chi connectivity index (χ0) is 32.3. The summed E-state index contributed by atoms with van der Waals surface area (Å²) in [5.41, 5.74) is 0. The van der Waals surface area contributed by atoms with Crippen LogP contribution < -0.4 is 4.57 Å². The Bertz CT molecular complexity index is 692. The van der Waals surface area contributed by atoms with Crippen LogP contribution in [-0.4, -0.2) is 4.57 Å². The second-order valence-electron chi connectivity index (χ2n) is 14.8. The molecule has 45 heavy (non-hydrogen) atoms. The second-order valence-corrected chi connectivity index (χ2v) is 14.8. The highest BCUT2D eigenvalue weighted by Gasteiger charge is 2.16. The van der Waals surface area contributed by atoms with Crippen LogP contribution in [0.1, 0.15) is 245 Å². The van der Waals surface area contributed by atoms with Crippen molar-refractivity contribution in [2.45, 2.75) is 259 Å². The maximum absolute atomic E-state index is 2.64. The first-order valence-corrected chi connectivity index (χ1v) is 21.4. The summed E-state index contributed by atoms with van der Waals surface area (Å²) < 4.78 is 5.27. The number of rotatable bonds is 37. The summed E-state index contributed by atoms with van der Waals surface area (Å²) in [6.45, 7) is 9.41. The Morgan fingerprint density at radius 1 is 0.378 bits per heavy atom. The average molecular weight is 630 g/mol. The molecule has 0 aromatic carbocycles. The van der Waals surface area contributed by atoms with E-state index in [2.05, 4.69) is 42.3 Å². The highest BCUT2D eigenvalue weighted by atomic mass is 15.1. The number of aromatic nitrogens is 2. The predicted octanol–water partition coefficient (Wildman–Crippen LogP) is 14.6. The van der Waals surface area contributed by atoms with Crippen LogP contribution in [0.4, 0.5) is 0 Å². The number of hydrogen-bond acceptors (Lipinski definition) is 0. The molecule has 0 saturated carbocycles. The van der Waals surface area contributed by atoms with E-state index in [0.29, 0.717) is 0 Å². The van der Waals surface area contributed by atoms with Crippen molar-refractivity contribution >= 4 is 0 Å². The molecule has 0 radical (unpaired) electrons. The molecule has 1 aromatic heterocycles. The van der Waals surface area contributed by atoms with Gasteiger partial charge in [0.1, 0.15) is 12.4 Å². The third kappa shape index (κ3) is 26.9. The Balaban J connectivity index is 2.20. The molecule has 0 spiro atoms. The lowest BCUT2D eigenvalue weighted by molar-refractivity contribution is -0.704. The molecular formula is C43H85N2+. The molecule has 1 heterocycles. The Hall–Kier alpha value is -0.790. The van der Waals surface area contributed by atoms with Crippen LogP contribution in [0, 0.1) is 0 Å². The summed E-state index contributed by atoms with van der Waals surface area (Å²) in [6.07, 6.45) is 54.9. The fourth-order valence-electron chi connectivity index (χ4n) is 7.21. The first-order valence-electron chi connectivity index (χ1n) is 21.4. The summed E-state index contributed by atoms with van der Waals surface area (Å²) in [6, 6.07) is 0. The van der Waals surface area contributed by atoms with Gasteiger partial charge in [0.15, 0.2) is 0 Å². The van der Waals surface area contributed by atoms with Gasteiger partial charge in [-0.2, -0.15) is 0 Å². The molecule has 0 N–H and O–H groups in total. The average Bonchev–Trinajstić information content (AvgIpc) is 3.43. The lowest BCUT2D eigenvalue weighted by Crippen LogP contribution is -2.37. The largest absolute Gasteiger partial charge is 0.256 e. The Morgan fingerprint density at radius 3 is 1.07 bits per heavy atom. The van der Waals surface area contributed by atoms with Gasteiger partial charge in [-0.25, -0.2) is 9.13 Å². The second kappa shape index (κ2) is 34.5. The summed E-state index contributed by atoms with van der Waals surface area (Å²) in [5, 5.41) is 0. The smallest absolute Gasteiger partial charge is 0.234 e. The van der Waals surface area contributed by atoms with Gasteiger partial charge in [0.05, 0.1) is 13.1 Å². The van der Waals surface area contributed by atoms with Gasteiger partial charge in [-0.3, -0.25) is 0 Å². The molecular weight excluding hydrogens is 544 g/mol. The Labute approximate surface area is 285 Å². The van der Waals surface area contributed by atoms with Gasteiger partial charge in [-0.05, 0) is 32.1 Å². The molecule has 2 nitrogen and oxygen atoms in total. The fraction of sp³-hybridized carbons (Fsp3) is 0.930. The molecule has 0 amide bonds. The monoisotopic (exact) mass is 630 g/mol. The van der Waals surface area contributed by atoms with Gasteiger partial charge in [-0.1, -0.05) is 207 Å². The van der Waals surface area contributed by atoms with Gasteiger partial charge in [0.25, 0.3) is 5.82 Å². The van der Waals surface area contributed by atoms with Gasteiger partial charge < -0.3 is 0 Å². The molecule has 0 saturated heterocycles. The number of unbranched alkanes of at least 4 members (excludes halogenated alkanes) is 31. The molecule has 0 unspecified atom stereocenters. The summed E-state index contributed by atoms with van der Waals surface area (Å²) in [4.78, 5) is 0. The zero-order valence-electron chi connectivity index (χ0n) is 31.7. The van der Waals surface area contributed by atoms with Crippen LogP contribution >= 0.6 is 0 Å². The molecule has 2 heteroatoms. The van der Waals surface area contributed by atoms with E-state index in [1.165, 1.54) is 238 Å². The normalized spacial score (nSPS) is 11.6. The van der Waals surface area contributed by atoms with Gasteiger partial charge in [-0.15, -0.1) is 0 Å². The minimum atomic E-state index is 1.23. The van der Waals surface area contributed by atoms with Crippen LogP contribution in [0.3, 0.4) is 0 Å². The Kier molecular flexibility index (Phi) is 32.4. The first kappa shape index (κ1) is 42.2. The maximum Gasteiger partial charge on any atom is 0.256 e. The number of aryl methyl sites for hydroxylation is 2. The zero-order valence-corrected chi connectivity index (χ0v) is 31.7. The summed E-state index contributed by atoms with van der Waals surface area (Å²) >= 11 is 0. The number of nitrogens with zero attached hydrogens (tertiary/aromatic N) is 2. The van der Waals surface area contributed by atoms with Crippen molar-refractivity contribution in [2.75, 3.05) is 0 Å². The molecule has 0 bridgehead atoms. The molecule has 0 aliphatic rings. The van der Waals surface area contributed by atoms with E-state index in [1.54, 1.807) is 5.82 Å². The van der Waals surface area contributed by atoms with E-state index < -0.39 is 0 Å².